The Bertz CT molecular complexity index is 724. The summed E-state index contributed by atoms with van der Waals surface area (Å²) in [5, 5.41) is 13.7. The molecule has 1 amide bonds. The highest BCUT2D eigenvalue weighted by Gasteiger charge is 2.41. The fourth-order valence-electron chi connectivity index (χ4n) is 2.31. The molecule has 1 heterocycles. The lowest BCUT2D eigenvalue weighted by atomic mass is 9.86. The van der Waals surface area contributed by atoms with Crippen molar-refractivity contribution in [3.05, 3.63) is 41.6 Å². The Balaban J connectivity index is 2.22. The first-order valence-electron chi connectivity index (χ1n) is 7.28. The van der Waals surface area contributed by atoms with Crippen molar-refractivity contribution >= 4 is 23.5 Å². The van der Waals surface area contributed by atoms with Crippen molar-refractivity contribution in [2.45, 2.75) is 26.9 Å². The monoisotopic (exact) mass is 308 g/mol. The first-order chi connectivity index (χ1) is 10.9. The van der Waals surface area contributed by atoms with E-state index < -0.39 is 11.6 Å². The van der Waals surface area contributed by atoms with Gasteiger partial charge in [-0.1, -0.05) is 5.92 Å². The Morgan fingerprint density at radius 2 is 2.09 bits per heavy atom. The van der Waals surface area contributed by atoms with Crippen molar-refractivity contribution in [3.63, 3.8) is 0 Å². The van der Waals surface area contributed by atoms with Gasteiger partial charge in [0.1, 0.15) is 11.6 Å². The lowest BCUT2D eigenvalue weighted by molar-refractivity contribution is -0.122. The molecule has 0 aromatic heterocycles. The molecular formula is C18H20N4O. The number of nitrogens with zero attached hydrogens (tertiary/aromatic N) is 1. The van der Waals surface area contributed by atoms with Crippen molar-refractivity contribution in [2.75, 3.05) is 5.32 Å². The first kappa shape index (κ1) is 16.5. The third-order valence-electron chi connectivity index (χ3n) is 3.79. The second-order valence-electron chi connectivity index (χ2n) is 5.75. The molecule has 1 aromatic rings. The summed E-state index contributed by atoms with van der Waals surface area (Å²) >= 11 is 0. The van der Waals surface area contributed by atoms with Crippen LogP contribution >= 0.6 is 0 Å². The number of allylic oxidation sites excluding steroid dienone is 2. The molecule has 0 saturated carbocycles. The third-order valence-corrected chi connectivity index (χ3v) is 3.79. The number of hydrogen-bond acceptors (Lipinski definition) is 4. The van der Waals surface area contributed by atoms with E-state index in [4.69, 9.17) is 11.8 Å². The zero-order valence-corrected chi connectivity index (χ0v) is 13.5. The van der Waals surface area contributed by atoms with E-state index in [2.05, 4.69) is 21.5 Å². The summed E-state index contributed by atoms with van der Waals surface area (Å²) in [6.45, 7) is 5.47. The summed E-state index contributed by atoms with van der Waals surface area (Å²) in [5.74, 6) is 2.23. The zero-order valence-electron chi connectivity index (χ0n) is 13.5. The van der Waals surface area contributed by atoms with Crippen LogP contribution in [0.5, 0.6) is 0 Å². The molecule has 0 spiro atoms. The molecule has 5 nitrogen and oxygen atoms in total. The van der Waals surface area contributed by atoms with Crippen molar-refractivity contribution in [1.82, 2.24) is 5.32 Å². The molecule has 1 aromatic carbocycles. The highest BCUT2D eigenvalue weighted by Crippen LogP contribution is 2.25. The van der Waals surface area contributed by atoms with Gasteiger partial charge in [0.25, 0.3) is 0 Å². The van der Waals surface area contributed by atoms with Crippen molar-refractivity contribution in [3.8, 4) is 12.3 Å². The van der Waals surface area contributed by atoms with E-state index in [1.54, 1.807) is 31.2 Å². The number of terminal acetylenes is 1. The molecule has 1 aliphatic heterocycles. The molecule has 2 unspecified atom stereocenters. The fourth-order valence-corrected chi connectivity index (χ4v) is 2.31. The average Bonchev–Trinajstić information content (AvgIpc) is 2.53. The van der Waals surface area contributed by atoms with Gasteiger partial charge in [-0.25, -0.2) is 0 Å². The molecule has 23 heavy (non-hydrogen) atoms. The maximum atomic E-state index is 12.7. The van der Waals surface area contributed by atoms with Gasteiger partial charge in [0.15, 0.2) is 0 Å². The molecule has 5 heteroatoms. The van der Waals surface area contributed by atoms with Crippen LogP contribution in [0, 0.1) is 23.2 Å². The lowest BCUT2D eigenvalue weighted by Gasteiger charge is -2.33. The normalized spacial score (nSPS) is 19.3. The van der Waals surface area contributed by atoms with Crippen LogP contribution in [0.1, 0.15) is 26.3 Å². The van der Waals surface area contributed by atoms with Crippen LogP contribution in [0.15, 0.2) is 41.0 Å². The number of carbonyl (C=O) groups is 1. The topological polar surface area (TPSA) is 77.3 Å². The Morgan fingerprint density at radius 3 is 2.61 bits per heavy atom. The predicted molar refractivity (Wildman–Crippen MR) is 93.7 cm³/mol. The summed E-state index contributed by atoms with van der Waals surface area (Å²) in [4.78, 5) is 17.2. The largest absolute Gasteiger partial charge is 0.366 e. The van der Waals surface area contributed by atoms with Crippen LogP contribution in [0.3, 0.4) is 0 Å². The van der Waals surface area contributed by atoms with Gasteiger partial charge in [-0.2, -0.15) is 0 Å². The molecule has 3 N–H and O–H groups in total. The number of anilines is 1. The highest BCUT2D eigenvalue weighted by atomic mass is 16.2. The molecule has 1 aliphatic rings. The van der Waals surface area contributed by atoms with Crippen LogP contribution in [0.2, 0.25) is 0 Å². The predicted octanol–water partition coefficient (Wildman–Crippen LogP) is 2.56. The summed E-state index contributed by atoms with van der Waals surface area (Å²) in [7, 11) is 0. The Morgan fingerprint density at radius 1 is 1.43 bits per heavy atom. The van der Waals surface area contributed by atoms with Crippen LogP contribution in [0.25, 0.3) is 0 Å². The van der Waals surface area contributed by atoms with E-state index >= 15 is 0 Å². The smallest absolute Gasteiger partial charge is 0.239 e. The van der Waals surface area contributed by atoms with Crippen LogP contribution < -0.4 is 10.6 Å². The number of aliphatic imine (C=N–C) groups is 1. The first-order valence-corrected chi connectivity index (χ1v) is 7.28. The SMILES string of the molecule is C#Cc1ccc(NC(=O)C(C)(C=N)C2N=C(C)C=C(C)N2)cc1. The molecule has 0 saturated heterocycles. The van der Waals surface area contributed by atoms with Gasteiger partial charge in [0, 0.05) is 28.9 Å². The van der Waals surface area contributed by atoms with E-state index in [0.717, 1.165) is 23.2 Å². The second kappa shape index (κ2) is 6.49. The number of carbonyl (C=O) groups excluding carboxylic acids is 1. The zero-order chi connectivity index (χ0) is 17.0. The van der Waals surface area contributed by atoms with E-state index in [0.29, 0.717) is 5.69 Å². The van der Waals surface area contributed by atoms with Gasteiger partial charge in [0.2, 0.25) is 5.91 Å². The van der Waals surface area contributed by atoms with Gasteiger partial charge in [-0.3, -0.25) is 9.79 Å². The van der Waals surface area contributed by atoms with E-state index in [1.165, 1.54) is 0 Å². The Labute approximate surface area is 136 Å². The molecule has 2 atom stereocenters. The van der Waals surface area contributed by atoms with E-state index in [9.17, 15) is 4.79 Å². The summed E-state index contributed by atoms with van der Waals surface area (Å²) in [6.07, 6.45) is 7.83. The number of amides is 1. The van der Waals surface area contributed by atoms with Gasteiger partial charge in [0.05, 0.1) is 0 Å². The number of benzene rings is 1. The molecule has 2 rings (SSSR count). The number of rotatable bonds is 4. The van der Waals surface area contributed by atoms with Gasteiger partial charge in [-0.15, -0.1) is 6.42 Å². The van der Waals surface area contributed by atoms with Gasteiger partial charge < -0.3 is 16.0 Å². The van der Waals surface area contributed by atoms with Crippen molar-refractivity contribution in [1.29, 1.82) is 5.41 Å². The molecule has 118 valence electrons. The maximum Gasteiger partial charge on any atom is 0.239 e. The fraction of sp³-hybridized carbons (Fsp3) is 0.278. The third kappa shape index (κ3) is 3.49. The summed E-state index contributed by atoms with van der Waals surface area (Å²) in [6, 6.07) is 6.99. The Hall–Kier alpha value is -2.87. The van der Waals surface area contributed by atoms with Crippen LogP contribution in [-0.4, -0.2) is 24.0 Å². The summed E-state index contributed by atoms with van der Waals surface area (Å²) in [5.41, 5.74) is 2.01. The van der Waals surface area contributed by atoms with Gasteiger partial charge >= 0.3 is 0 Å². The van der Waals surface area contributed by atoms with Crippen LogP contribution in [-0.2, 0) is 4.79 Å². The Kier molecular flexibility index (Phi) is 4.65. The van der Waals surface area contributed by atoms with Crippen LogP contribution in [0.4, 0.5) is 5.69 Å². The quantitative estimate of drug-likeness (QED) is 0.590. The van der Waals surface area contributed by atoms with Crippen molar-refractivity contribution < 1.29 is 4.79 Å². The number of hydrogen-bond donors (Lipinski definition) is 3. The molecule has 0 radical (unpaired) electrons. The molecule has 0 fully saturated rings. The maximum absolute atomic E-state index is 12.7. The number of nitrogens with one attached hydrogen (secondary N) is 3. The summed E-state index contributed by atoms with van der Waals surface area (Å²) < 4.78 is 0. The minimum Gasteiger partial charge on any atom is -0.366 e. The molecular weight excluding hydrogens is 288 g/mol. The minimum atomic E-state index is -1.11. The minimum absolute atomic E-state index is 0.301. The van der Waals surface area contributed by atoms with E-state index in [-0.39, 0.29) is 5.91 Å². The van der Waals surface area contributed by atoms with E-state index in [1.807, 2.05) is 19.9 Å². The highest BCUT2D eigenvalue weighted by molar-refractivity contribution is 6.06. The lowest BCUT2D eigenvalue weighted by Crippen LogP contribution is -2.51. The molecule has 0 aliphatic carbocycles. The second-order valence-corrected chi connectivity index (χ2v) is 5.75. The average molecular weight is 308 g/mol. The molecule has 0 bridgehead atoms. The van der Waals surface area contributed by atoms with Crippen molar-refractivity contribution in [2.24, 2.45) is 10.4 Å². The van der Waals surface area contributed by atoms with Gasteiger partial charge in [-0.05, 0) is 51.1 Å². The standard InChI is InChI=1S/C18H20N4O/c1-5-14-6-8-15(9-7-14)22-17(23)18(4,11-19)16-20-12(2)10-13(3)21-16/h1,6-11,16,19-20H,2-4H3,(H,22,23).